The summed E-state index contributed by atoms with van der Waals surface area (Å²) in [6, 6.07) is 6.38. The molecule has 0 radical (unpaired) electrons. The van der Waals surface area contributed by atoms with Crippen LogP contribution in [0.5, 0.6) is 0 Å². The molecule has 1 aliphatic heterocycles. The molecule has 0 atom stereocenters. The minimum Gasteiger partial charge on any atom is -0.353 e. The third kappa shape index (κ3) is 3.59. The van der Waals surface area contributed by atoms with Crippen molar-refractivity contribution in [1.29, 1.82) is 5.26 Å². The summed E-state index contributed by atoms with van der Waals surface area (Å²) in [4.78, 5) is 4.43. The van der Waals surface area contributed by atoms with Crippen LogP contribution in [0.15, 0.2) is 12.1 Å². The van der Waals surface area contributed by atoms with Crippen molar-refractivity contribution in [2.24, 2.45) is 0 Å². The molecule has 0 saturated carbocycles. The molecule has 3 rings (SSSR count). The second-order valence-corrected chi connectivity index (χ2v) is 6.50. The summed E-state index contributed by atoms with van der Waals surface area (Å²) in [5, 5.41) is 27.0. The van der Waals surface area contributed by atoms with E-state index >= 15 is 0 Å². The highest BCUT2D eigenvalue weighted by atomic mass is 15.3. The zero-order chi connectivity index (χ0) is 18.5. The van der Waals surface area contributed by atoms with Crippen LogP contribution < -0.4 is 9.80 Å². The van der Waals surface area contributed by atoms with E-state index in [9.17, 15) is 5.26 Å². The van der Waals surface area contributed by atoms with E-state index in [2.05, 4.69) is 50.1 Å². The van der Waals surface area contributed by atoms with Gasteiger partial charge in [-0.1, -0.05) is 13.8 Å². The number of rotatable bonds is 4. The molecule has 3 heterocycles. The zero-order valence-corrected chi connectivity index (χ0v) is 15.7. The van der Waals surface area contributed by atoms with Crippen molar-refractivity contribution in [3.8, 4) is 6.07 Å². The van der Waals surface area contributed by atoms with Crippen LogP contribution in [-0.2, 0) is 12.8 Å². The van der Waals surface area contributed by atoms with Crippen molar-refractivity contribution >= 4 is 11.6 Å². The second kappa shape index (κ2) is 8.09. The van der Waals surface area contributed by atoms with E-state index in [0.717, 1.165) is 74.0 Å². The Morgan fingerprint density at radius 2 is 1.73 bits per heavy atom. The molecule has 7 nitrogen and oxygen atoms in total. The van der Waals surface area contributed by atoms with E-state index in [-0.39, 0.29) is 0 Å². The Labute approximate surface area is 154 Å². The molecule has 136 valence electrons. The first-order valence-electron chi connectivity index (χ1n) is 9.26. The third-order valence-electron chi connectivity index (χ3n) is 4.84. The maximum absolute atomic E-state index is 9.73. The lowest BCUT2D eigenvalue weighted by atomic mass is 10.0. The Hall–Kier alpha value is -2.75. The zero-order valence-electron chi connectivity index (χ0n) is 15.7. The Kier molecular flexibility index (Phi) is 5.61. The number of hydrogen-bond acceptors (Lipinski definition) is 7. The number of nitrogens with zero attached hydrogens (tertiary/aromatic N) is 7. The molecule has 2 aromatic rings. The first kappa shape index (κ1) is 18.1. The van der Waals surface area contributed by atoms with Crippen molar-refractivity contribution in [3.05, 3.63) is 34.6 Å². The van der Waals surface area contributed by atoms with Gasteiger partial charge in [0.15, 0.2) is 11.6 Å². The lowest BCUT2D eigenvalue weighted by molar-refractivity contribution is 0.768. The molecule has 2 aromatic heterocycles. The smallest absolute Gasteiger partial charge is 0.169 e. The van der Waals surface area contributed by atoms with Crippen molar-refractivity contribution < 1.29 is 0 Å². The molecule has 0 N–H and O–H groups in total. The van der Waals surface area contributed by atoms with Gasteiger partial charge in [-0.15, -0.1) is 10.2 Å². The first-order valence-corrected chi connectivity index (χ1v) is 9.26. The molecular formula is C19H25N7. The van der Waals surface area contributed by atoms with Crippen molar-refractivity contribution in [3.63, 3.8) is 0 Å². The van der Waals surface area contributed by atoms with E-state index < -0.39 is 0 Å². The van der Waals surface area contributed by atoms with Gasteiger partial charge in [0, 0.05) is 26.2 Å². The Balaban J connectivity index is 1.83. The molecule has 0 aliphatic carbocycles. The Morgan fingerprint density at radius 3 is 2.38 bits per heavy atom. The topological polar surface area (TPSA) is 81.8 Å². The van der Waals surface area contributed by atoms with Gasteiger partial charge in [0.2, 0.25) is 0 Å². The van der Waals surface area contributed by atoms with Crippen LogP contribution in [0, 0.1) is 18.3 Å². The molecule has 0 bridgehead atoms. The van der Waals surface area contributed by atoms with Gasteiger partial charge in [-0.25, -0.2) is 0 Å². The molecule has 1 saturated heterocycles. The lowest BCUT2D eigenvalue weighted by Crippen LogP contribution is -2.32. The number of anilines is 2. The average Bonchev–Trinajstić information content (AvgIpc) is 2.93. The average molecular weight is 351 g/mol. The molecule has 0 amide bonds. The quantitative estimate of drug-likeness (QED) is 0.836. The summed E-state index contributed by atoms with van der Waals surface area (Å²) in [7, 11) is 0. The fourth-order valence-corrected chi connectivity index (χ4v) is 3.42. The molecule has 0 spiro atoms. The second-order valence-electron chi connectivity index (χ2n) is 6.50. The molecule has 0 aromatic carbocycles. The predicted molar refractivity (Wildman–Crippen MR) is 101 cm³/mol. The van der Waals surface area contributed by atoms with Gasteiger partial charge in [0.25, 0.3) is 0 Å². The van der Waals surface area contributed by atoms with Gasteiger partial charge in [-0.2, -0.15) is 15.5 Å². The van der Waals surface area contributed by atoms with E-state index in [1.165, 1.54) is 0 Å². The minimum atomic E-state index is 0.683. The Bertz CT molecular complexity index is 795. The van der Waals surface area contributed by atoms with Gasteiger partial charge in [-0.05, 0) is 43.9 Å². The molecule has 7 heteroatoms. The van der Waals surface area contributed by atoms with Crippen LogP contribution in [0.4, 0.5) is 11.6 Å². The van der Waals surface area contributed by atoms with Crippen LogP contribution in [0.2, 0.25) is 0 Å². The summed E-state index contributed by atoms with van der Waals surface area (Å²) < 4.78 is 0. The van der Waals surface area contributed by atoms with Crippen molar-refractivity contribution in [2.45, 2.75) is 40.0 Å². The highest BCUT2D eigenvalue weighted by Crippen LogP contribution is 2.25. The molecule has 0 unspecified atom stereocenters. The number of hydrogen-bond donors (Lipinski definition) is 0. The first-order chi connectivity index (χ1) is 12.7. The summed E-state index contributed by atoms with van der Waals surface area (Å²) in [5.74, 6) is 1.62. The summed E-state index contributed by atoms with van der Waals surface area (Å²) in [5.41, 5.74) is 3.56. The van der Waals surface area contributed by atoms with E-state index in [0.29, 0.717) is 5.56 Å². The van der Waals surface area contributed by atoms with Gasteiger partial charge in [0.05, 0.1) is 11.4 Å². The Morgan fingerprint density at radius 1 is 0.962 bits per heavy atom. The number of aryl methyl sites for hydroxylation is 2. The molecule has 1 fully saturated rings. The van der Waals surface area contributed by atoms with Crippen LogP contribution in [-0.4, -0.2) is 46.6 Å². The van der Waals surface area contributed by atoms with E-state index in [1.54, 1.807) is 0 Å². The summed E-state index contributed by atoms with van der Waals surface area (Å²) >= 11 is 0. The number of aromatic nitrogens is 4. The molecular weight excluding hydrogens is 326 g/mol. The van der Waals surface area contributed by atoms with E-state index in [4.69, 9.17) is 0 Å². The van der Waals surface area contributed by atoms with Crippen LogP contribution in [0.25, 0.3) is 0 Å². The SMILES string of the molecule is CCc1nnc(N2CCCN(c3ccc(C)nn3)CC2)c(C#N)c1CC. The van der Waals surface area contributed by atoms with Crippen LogP contribution >= 0.6 is 0 Å². The third-order valence-corrected chi connectivity index (χ3v) is 4.84. The monoisotopic (exact) mass is 351 g/mol. The fraction of sp³-hybridized carbons (Fsp3) is 0.526. The van der Waals surface area contributed by atoms with Crippen molar-refractivity contribution in [2.75, 3.05) is 36.0 Å². The highest BCUT2D eigenvalue weighted by Gasteiger charge is 2.22. The van der Waals surface area contributed by atoms with E-state index in [1.807, 2.05) is 19.1 Å². The summed E-state index contributed by atoms with van der Waals surface area (Å²) in [6.45, 7) is 9.44. The highest BCUT2D eigenvalue weighted by molar-refractivity contribution is 5.58. The maximum atomic E-state index is 9.73. The largest absolute Gasteiger partial charge is 0.353 e. The number of nitriles is 1. The van der Waals surface area contributed by atoms with Crippen LogP contribution in [0.1, 0.15) is 42.8 Å². The van der Waals surface area contributed by atoms with Gasteiger partial charge < -0.3 is 9.80 Å². The fourth-order valence-electron chi connectivity index (χ4n) is 3.42. The molecule has 26 heavy (non-hydrogen) atoms. The maximum Gasteiger partial charge on any atom is 0.169 e. The standard InChI is InChI=1S/C19H25N7/c1-4-15-16(13-20)19(24-22-17(15)5-2)26-10-6-9-25(11-12-26)18-8-7-14(3)21-23-18/h7-8H,4-6,9-12H2,1-3H3. The summed E-state index contributed by atoms with van der Waals surface area (Å²) in [6.07, 6.45) is 2.57. The normalized spacial score (nSPS) is 14.8. The molecule has 1 aliphatic rings. The van der Waals surface area contributed by atoms with Crippen LogP contribution in [0.3, 0.4) is 0 Å². The van der Waals surface area contributed by atoms with Gasteiger partial charge >= 0.3 is 0 Å². The van der Waals surface area contributed by atoms with Crippen molar-refractivity contribution in [1.82, 2.24) is 20.4 Å². The van der Waals surface area contributed by atoms with Gasteiger partial charge in [0.1, 0.15) is 11.6 Å². The predicted octanol–water partition coefficient (Wildman–Crippen LogP) is 2.29. The minimum absolute atomic E-state index is 0.683. The lowest BCUT2D eigenvalue weighted by Gasteiger charge is -2.24. The van der Waals surface area contributed by atoms with Gasteiger partial charge in [-0.3, -0.25) is 0 Å².